The molecule has 0 aliphatic carbocycles. The van der Waals surface area contributed by atoms with E-state index in [4.69, 9.17) is 9.84 Å². The van der Waals surface area contributed by atoms with Gasteiger partial charge in [-0.25, -0.2) is 4.39 Å². The molecule has 0 heterocycles. The minimum Gasteiger partial charge on any atom is -0.396 e. The number of hydrogen-bond donors (Lipinski definition) is 1. The van der Waals surface area contributed by atoms with Crippen molar-refractivity contribution in [3.8, 4) is 0 Å². The summed E-state index contributed by atoms with van der Waals surface area (Å²) in [6.45, 7) is 0.460. The third kappa shape index (κ3) is 2.79. The Labute approximate surface area is 77.0 Å². The summed E-state index contributed by atoms with van der Waals surface area (Å²) in [4.78, 5) is 0. The molecule has 1 atom stereocenters. The maximum atomic E-state index is 12.5. The second kappa shape index (κ2) is 4.94. The molecular weight excluding hydrogens is 171 g/mol. The topological polar surface area (TPSA) is 29.5 Å². The lowest BCUT2D eigenvalue weighted by atomic mass is 10.0. The normalized spacial score (nSPS) is 12.8. The lowest BCUT2D eigenvalue weighted by molar-refractivity contribution is 0.144. The Morgan fingerprint density at radius 2 is 2.00 bits per heavy atom. The van der Waals surface area contributed by atoms with Gasteiger partial charge < -0.3 is 9.84 Å². The monoisotopic (exact) mass is 184 g/mol. The molecule has 3 heteroatoms. The highest BCUT2D eigenvalue weighted by atomic mass is 19.1. The molecule has 0 radical (unpaired) electrons. The second-order valence-electron chi connectivity index (χ2n) is 2.89. The number of aliphatic hydroxyl groups is 1. The van der Waals surface area contributed by atoms with Gasteiger partial charge in [0.15, 0.2) is 0 Å². The van der Waals surface area contributed by atoms with E-state index in [9.17, 15) is 4.39 Å². The molecule has 0 saturated carbocycles. The van der Waals surface area contributed by atoms with E-state index in [-0.39, 0.29) is 18.3 Å². The van der Waals surface area contributed by atoms with Crippen LogP contribution in [0.3, 0.4) is 0 Å². The molecule has 1 rings (SSSR count). The van der Waals surface area contributed by atoms with E-state index in [0.717, 1.165) is 5.56 Å². The molecule has 13 heavy (non-hydrogen) atoms. The highest BCUT2D eigenvalue weighted by molar-refractivity contribution is 5.20. The smallest absolute Gasteiger partial charge is 0.123 e. The zero-order chi connectivity index (χ0) is 9.68. The minimum atomic E-state index is -0.266. The van der Waals surface area contributed by atoms with E-state index in [1.807, 2.05) is 0 Å². The predicted molar refractivity (Wildman–Crippen MR) is 48.1 cm³/mol. The van der Waals surface area contributed by atoms with Gasteiger partial charge >= 0.3 is 0 Å². The lowest BCUT2D eigenvalue weighted by Gasteiger charge is -2.12. The number of ether oxygens (including phenoxy) is 1. The van der Waals surface area contributed by atoms with Gasteiger partial charge in [-0.15, -0.1) is 0 Å². The number of hydrogen-bond acceptors (Lipinski definition) is 2. The molecule has 0 spiro atoms. The quantitative estimate of drug-likeness (QED) is 0.769. The van der Waals surface area contributed by atoms with Crippen LogP contribution in [-0.2, 0) is 4.74 Å². The molecule has 0 fully saturated rings. The number of methoxy groups -OCH3 is 1. The fraction of sp³-hybridized carbons (Fsp3) is 0.400. The summed E-state index contributed by atoms with van der Waals surface area (Å²) in [6, 6.07) is 6.09. The van der Waals surface area contributed by atoms with E-state index in [0.29, 0.717) is 6.61 Å². The molecule has 0 amide bonds. The highest BCUT2D eigenvalue weighted by Gasteiger charge is 2.09. The fourth-order valence-electron chi connectivity index (χ4n) is 1.19. The van der Waals surface area contributed by atoms with E-state index >= 15 is 0 Å². The summed E-state index contributed by atoms with van der Waals surface area (Å²) >= 11 is 0. The first-order valence-corrected chi connectivity index (χ1v) is 4.13. The molecule has 72 valence electrons. The maximum Gasteiger partial charge on any atom is 0.123 e. The number of rotatable bonds is 4. The van der Waals surface area contributed by atoms with Gasteiger partial charge in [0, 0.05) is 13.0 Å². The van der Waals surface area contributed by atoms with Crippen molar-refractivity contribution < 1.29 is 14.2 Å². The van der Waals surface area contributed by atoms with Crippen LogP contribution in [0.25, 0.3) is 0 Å². The SMILES string of the molecule is COCC(CO)c1ccc(F)cc1. The van der Waals surface area contributed by atoms with Crippen LogP contribution in [-0.4, -0.2) is 25.4 Å². The van der Waals surface area contributed by atoms with Crippen molar-refractivity contribution in [1.82, 2.24) is 0 Å². The van der Waals surface area contributed by atoms with Gasteiger partial charge in [-0.1, -0.05) is 12.1 Å². The van der Waals surface area contributed by atoms with Gasteiger partial charge in [-0.2, -0.15) is 0 Å². The van der Waals surface area contributed by atoms with Crippen LogP contribution in [0.2, 0.25) is 0 Å². The highest BCUT2D eigenvalue weighted by Crippen LogP contribution is 2.15. The predicted octanol–water partition coefficient (Wildman–Crippen LogP) is 1.55. The van der Waals surface area contributed by atoms with Crippen LogP contribution < -0.4 is 0 Å². The molecule has 0 aliphatic heterocycles. The van der Waals surface area contributed by atoms with Crippen molar-refractivity contribution in [3.05, 3.63) is 35.6 Å². The van der Waals surface area contributed by atoms with Crippen LogP contribution >= 0.6 is 0 Å². The van der Waals surface area contributed by atoms with Crippen molar-refractivity contribution in [2.24, 2.45) is 0 Å². The third-order valence-corrected chi connectivity index (χ3v) is 1.93. The van der Waals surface area contributed by atoms with Crippen molar-refractivity contribution in [1.29, 1.82) is 0 Å². The summed E-state index contributed by atoms with van der Waals surface area (Å²) in [5.41, 5.74) is 0.894. The first-order valence-electron chi connectivity index (χ1n) is 4.13. The van der Waals surface area contributed by atoms with E-state index in [1.165, 1.54) is 12.1 Å². The van der Waals surface area contributed by atoms with Crippen molar-refractivity contribution >= 4 is 0 Å². The number of aliphatic hydroxyl groups excluding tert-OH is 1. The van der Waals surface area contributed by atoms with Crippen LogP contribution in [0.15, 0.2) is 24.3 Å². The standard InChI is InChI=1S/C10H13FO2/c1-13-7-9(6-12)8-2-4-10(11)5-3-8/h2-5,9,12H,6-7H2,1H3. The molecule has 0 aliphatic rings. The van der Waals surface area contributed by atoms with E-state index in [1.54, 1.807) is 19.2 Å². The van der Waals surface area contributed by atoms with Crippen molar-refractivity contribution in [2.75, 3.05) is 20.3 Å². The zero-order valence-electron chi connectivity index (χ0n) is 7.53. The molecule has 0 aromatic heterocycles. The number of halogens is 1. The Morgan fingerprint density at radius 3 is 2.46 bits per heavy atom. The van der Waals surface area contributed by atoms with Gasteiger partial charge in [0.25, 0.3) is 0 Å². The number of benzene rings is 1. The molecule has 1 N–H and O–H groups in total. The first kappa shape index (κ1) is 10.2. The second-order valence-corrected chi connectivity index (χ2v) is 2.89. The summed E-state index contributed by atoms with van der Waals surface area (Å²) in [6.07, 6.45) is 0. The molecule has 1 unspecified atom stereocenters. The van der Waals surface area contributed by atoms with Crippen LogP contribution in [0.1, 0.15) is 11.5 Å². The Hall–Kier alpha value is -0.930. The van der Waals surface area contributed by atoms with Gasteiger partial charge in [-0.05, 0) is 17.7 Å². The average molecular weight is 184 g/mol. The maximum absolute atomic E-state index is 12.5. The van der Waals surface area contributed by atoms with E-state index < -0.39 is 0 Å². The molecule has 0 bridgehead atoms. The fourth-order valence-corrected chi connectivity index (χ4v) is 1.19. The third-order valence-electron chi connectivity index (χ3n) is 1.93. The van der Waals surface area contributed by atoms with Crippen LogP contribution in [0.5, 0.6) is 0 Å². The molecule has 0 saturated heterocycles. The van der Waals surface area contributed by atoms with Gasteiger partial charge in [0.2, 0.25) is 0 Å². The summed E-state index contributed by atoms with van der Waals surface area (Å²) in [7, 11) is 1.58. The Balaban J connectivity index is 2.73. The van der Waals surface area contributed by atoms with Crippen molar-refractivity contribution in [3.63, 3.8) is 0 Å². The van der Waals surface area contributed by atoms with Gasteiger partial charge in [0.05, 0.1) is 13.2 Å². The van der Waals surface area contributed by atoms with E-state index in [2.05, 4.69) is 0 Å². The average Bonchev–Trinajstić information content (AvgIpc) is 2.16. The van der Waals surface area contributed by atoms with Crippen molar-refractivity contribution in [2.45, 2.75) is 5.92 Å². The Bertz CT molecular complexity index is 246. The summed E-state index contributed by atoms with van der Waals surface area (Å²) in [5.74, 6) is -0.330. The van der Waals surface area contributed by atoms with Crippen LogP contribution in [0, 0.1) is 5.82 Å². The largest absolute Gasteiger partial charge is 0.396 e. The van der Waals surface area contributed by atoms with Gasteiger partial charge in [0.1, 0.15) is 5.82 Å². The Morgan fingerprint density at radius 1 is 1.38 bits per heavy atom. The molecule has 1 aromatic rings. The molecule has 2 nitrogen and oxygen atoms in total. The summed E-state index contributed by atoms with van der Waals surface area (Å²) in [5, 5.41) is 9.01. The first-order chi connectivity index (χ1) is 6.27. The molecular formula is C10H13FO2. The van der Waals surface area contributed by atoms with Gasteiger partial charge in [-0.3, -0.25) is 0 Å². The zero-order valence-corrected chi connectivity index (χ0v) is 7.53. The van der Waals surface area contributed by atoms with Crippen LogP contribution in [0.4, 0.5) is 4.39 Å². The minimum absolute atomic E-state index is 0.0134. The Kier molecular flexibility index (Phi) is 3.86. The lowest BCUT2D eigenvalue weighted by Crippen LogP contribution is -2.10. The summed E-state index contributed by atoms with van der Waals surface area (Å²) < 4.78 is 17.5. The molecule has 1 aromatic carbocycles.